The number of nitrogens with one attached hydrogen (secondary N) is 2. The first kappa shape index (κ1) is 16.0. The summed E-state index contributed by atoms with van der Waals surface area (Å²) < 4.78 is 1.57. The van der Waals surface area contributed by atoms with Gasteiger partial charge in [0.2, 0.25) is 0 Å². The van der Waals surface area contributed by atoms with Gasteiger partial charge in [-0.05, 0) is 40.0 Å². The van der Waals surface area contributed by atoms with Crippen LogP contribution in [0, 0.1) is 5.92 Å². The van der Waals surface area contributed by atoms with Crippen molar-refractivity contribution in [3.05, 3.63) is 27.1 Å². The molecule has 5 nitrogen and oxygen atoms in total. The van der Waals surface area contributed by atoms with Gasteiger partial charge < -0.3 is 15.7 Å². The first-order chi connectivity index (χ1) is 8.81. The summed E-state index contributed by atoms with van der Waals surface area (Å²) in [5.41, 5.74) is 0.564. The minimum absolute atomic E-state index is 0.198. The van der Waals surface area contributed by atoms with Crippen molar-refractivity contribution < 1.29 is 14.7 Å². The standard InChI is InChI=1S/C12H14Br2N2O3/c1-6(2)10(11(17)18)16-12(19)15-9-4-3-7(13)5-8(9)14/h3-6,10H,1-2H3,(H,17,18)(H2,15,16,19). The van der Waals surface area contributed by atoms with Crippen LogP contribution >= 0.6 is 31.9 Å². The lowest BCUT2D eigenvalue weighted by Crippen LogP contribution is -2.46. The van der Waals surface area contributed by atoms with E-state index in [9.17, 15) is 9.59 Å². The highest BCUT2D eigenvalue weighted by atomic mass is 79.9. The molecule has 0 radical (unpaired) electrons. The summed E-state index contributed by atoms with van der Waals surface area (Å²) in [6.45, 7) is 3.46. The van der Waals surface area contributed by atoms with E-state index in [1.165, 1.54) is 0 Å². The van der Waals surface area contributed by atoms with Crippen molar-refractivity contribution in [1.29, 1.82) is 0 Å². The third-order valence-electron chi connectivity index (χ3n) is 2.40. The Kier molecular flexibility index (Phi) is 5.81. The second kappa shape index (κ2) is 6.91. The predicted molar refractivity (Wildman–Crippen MR) is 80.3 cm³/mol. The molecule has 1 unspecified atom stereocenters. The highest BCUT2D eigenvalue weighted by Crippen LogP contribution is 2.26. The van der Waals surface area contributed by atoms with E-state index >= 15 is 0 Å². The van der Waals surface area contributed by atoms with E-state index in [-0.39, 0.29) is 5.92 Å². The molecule has 19 heavy (non-hydrogen) atoms. The monoisotopic (exact) mass is 392 g/mol. The number of benzene rings is 1. The van der Waals surface area contributed by atoms with Gasteiger partial charge in [-0.25, -0.2) is 9.59 Å². The van der Waals surface area contributed by atoms with Gasteiger partial charge in [-0.15, -0.1) is 0 Å². The van der Waals surface area contributed by atoms with Gasteiger partial charge in [0.25, 0.3) is 0 Å². The molecule has 0 saturated carbocycles. The summed E-state index contributed by atoms with van der Waals surface area (Å²) in [4.78, 5) is 22.7. The Morgan fingerprint density at radius 2 is 1.89 bits per heavy atom. The van der Waals surface area contributed by atoms with E-state index < -0.39 is 18.0 Å². The number of hydrogen-bond acceptors (Lipinski definition) is 2. The first-order valence-electron chi connectivity index (χ1n) is 5.56. The van der Waals surface area contributed by atoms with Crippen molar-refractivity contribution in [3.8, 4) is 0 Å². The maximum atomic E-state index is 11.8. The second-order valence-electron chi connectivity index (χ2n) is 4.28. The Bertz CT molecular complexity index is 492. The molecular formula is C12H14Br2N2O3. The van der Waals surface area contributed by atoms with Gasteiger partial charge in [0, 0.05) is 8.95 Å². The number of carboxylic acids is 1. The molecule has 7 heteroatoms. The number of carboxylic acid groups (broad SMARTS) is 1. The average Bonchev–Trinajstić information content (AvgIpc) is 2.29. The quantitative estimate of drug-likeness (QED) is 0.733. The lowest BCUT2D eigenvalue weighted by atomic mass is 10.1. The van der Waals surface area contributed by atoms with Crippen LogP contribution in [0.3, 0.4) is 0 Å². The fourth-order valence-corrected chi connectivity index (χ4v) is 2.55. The van der Waals surface area contributed by atoms with Gasteiger partial charge in [0.15, 0.2) is 0 Å². The number of rotatable bonds is 4. The maximum Gasteiger partial charge on any atom is 0.326 e. The molecule has 2 amide bonds. The smallest absolute Gasteiger partial charge is 0.326 e. The Labute approximate surface area is 128 Å². The highest BCUT2D eigenvalue weighted by Gasteiger charge is 2.23. The van der Waals surface area contributed by atoms with Gasteiger partial charge in [0.1, 0.15) is 6.04 Å². The summed E-state index contributed by atoms with van der Waals surface area (Å²) in [6.07, 6.45) is 0. The predicted octanol–water partition coefficient (Wildman–Crippen LogP) is 3.44. The second-order valence-corrected chi connectivity index (χ2v) is 6.05. The van der Waals surface area contributed by atoms with Crippen molar-refractivity contribution >= 4 is 49.5 Å². The van der Waals surface area contributed by atoms with Gasteiger partial charge in [-0.2, -0.15) is 0 Å². The highest BCUT2D eigenvalue weighted by molar-refractivity contribution is 9.11. The van der Waals surface area contributed by atoms with Crippen LogP contribution in [0.15, 0.2) is 27.1 Å². The van der Waals surface area contributed by atoms with Crippen LogP contribution in [0.4, 0.5) is 10.5 Å². The van der Waals surface area contributed by atoms with E-state index in [1.54, 1.807) is 32.0 Å². The lowest BCUT2D eigenvalue weighted by Gasteiger charge is -2.18. The van der Waals surface area contributed by atoms with Gasteiger partial charge in [-0.1, -0.05) is 29.8 Å². The molecule has 0 aliphatic rings. The van der Waals surface area contributed by atoms with Crippen molar-refractivity contribution in [2.24, 2.45) is 5.92 Å². The summed E-state index contributed by atoms with van der Waals surface area (Å²) in [5.74, 6) is -1.25. The zero-order valence-corrected chi connectivity index (χ0v) is 13.6. The van der Waals surface area contributed by atoms with Crippen LogP contribution in [0.1, 0.15) is 13.8 Å². The largest absolute Gasteiger partial charge is 0.480 e. The van der Waals surface area contributed by atoms with Crippen LogP contribution < -0.4 is 10.6 Å². The first-order valence-corrected chi connectivity index (χ1v) is 7.15. The molecule has 0 saturated heterocycles. The fraction of sp³-hybridized carbons (Fsp3) is 0.333. The molecule has 1 aromatic carbocycles. The molecule has 0 aliphatic heterocycles. The topological polar surface area (TPSA) is 78.4 Å². The van der Waals surface area contributed by atoms with Crippen molar-refractivity contribution in [2.45, 2.75) is 19.9 Å². The molecular weight excluding hydrogens is 380 g/mol. The molecule has 0 aromatic heterocycles. The van der Waals surface area contributed by atoms with Crippen molar-refractivity contribution in [2.75, 3.05) is 5.32 Å². The number of amides is 2. The zero-order chi connectivity index (χ0) is 14.6. The van der Waals surface area contributed by atoms with E-state index in [4.69, 9.17) is 5.11 Å². The Morgan fingerprint density at radius 3 is 2.37 bits per heavy atom. The molecule has 0 bridgehead atoms. The Morgan fingerprint density at radius 1 is 1.26 bits per heavy atom. The molecule has 1 aromatic rings. The molecule has 104 valence electrons. The third kappa shape index (κ3) is 4.83. The SMILES string of the molecule is CC(C)C(NC(=O)Nc1ccc(Br)cc1Br)C(=O)O. The summed E-state index contributed by atoms with van der Waals surface area (Å²) in [5, 5.41) is 14.0. The van der Waals surface area contributed by atoms with Crippen LogP contribution in [-0.4, -0.2) is 23.1 Å². The number of halogens is 2. The van der Waals surface area contributed by atoms with Crippen molar-refractivity contribution in [3.63, 3.8) is 0 Å². The summed E-state index contributed by atoms with van der Waals surface area (Å²) >= 11 is 6.62. The fourth-order valence-electron chi connectivity index (χ4n) is 1.40. The van der Waals surface area contributed by atoms with E-state index in [2.05, 4.69) is 42.5 Å². The van der Waals surface area contributed by atoms with E-state index in [0.29, 0.717) is 10.2 Å². The average molecular weight is 394 g/mol. The van der Waals surface area contributed by atoms with Crippen LogP contribution in [0.2, 0.25) is 0 Å². The molecule has 1 rings (SSSR count). The number of carbonyl (C=O) groups is 2. The number of aliphatic carboxylic acids is 1. The number of urea groups is 1. The third-order valence-corrected chi connectivity index (χ3v) is 3.55. The van der Waals surface area contributed by atoms with E-state index in [1.807, 2.05) is 0 Å². The van der Waals surface area contributed by atoms with Crippen LogP contribution in [0.5, 0.6) is 0 Å². The number of anilines is 1. The Balaban J connectivity index is 2.72. The van der Waals surface area contributed by atoms with Gasteiger partial charge in [-0.3, -0.25) is 0 Å². The Hall–Kier alpha value is -1.08. The number of carbonyl (C=O) groups excluding carboxylic acids is 1. The van der Waals surface area contributed by atoms with E-state index in [0.717, 1.165) is 4.47 Å². The molecule has 0 spiro atoms. The van der Waals surface area contributed by atoms with Crippen LogP contribution in [0.25, 0.3) is 0 Å². The number of hydrogen-bond donors (Lipinski definition) is 3. The maximum absolute atomic E-state index is 11.8. The lowest BCUT2D eigenvalue weighted by molar-refractivity contribution is -0.140. The molecule has 0 heterocycles. The molecule has 0 aliphatic carbocycles. The van der Waals surface area contributed by atoms with Crippen LogP contribution in [-0.2, 0) is 4.79 Å². The molecule has 0 fully saturated rings. The summed E-state index contributed by atoms with van der Waals surface area (Å²) in [7, 11) is 0. The van der Waals surface area contributed by atoms with Crippen molar-refractivity contribution in [1.82, 2.24) is 5.32 Å². The van der Waals surface area contributed by atoms with Gasteiger partial charge >= 0.3 is 12.0 Å². The minimum Gasteiger partial charge on any atom is -0.480 e. The molecule has 3 N–H and O–H groups in total. The van der Waals surface area contributed by atoms with Gasteiger partial charge in [0.05, 0.1) is 5.69 Å². The summed E-state index contributed by atoms with van der Waals surface area (Å²) in [6, 6.07) is 3.79. The zero-order valence-electron chi connectivity index (χ0n) is 10.4. The minimum atomic E-state index is -1.06. The normalized spacial score (nSPS) is 12.1. The molecule has 1 atom stereocenters.